The SMILES string of the molecule is Cc1ccc(C(=O)C(F)(F)C(F)F)o1. The normalized spacial score (nSPS) is 12.1. The maximum atomic E-state index is 12.5. The monoisotopic (exact) mass is 210 g/mol. The van der Waals surface area contributed by atoms with Gasteiger partial charge in [0.05, 0.1) is 0 Å². The molecule has 0 aliphatic carbocycles. The Labute approximate surface area is 76.5 Å². The molecule has 0 amide bonds. The molecule has 0 aliphatic rings. The third kappa shape index (κ3) is 1.78. The number of carbonyl (C=O) groups excluding carboxylic acids is 1. The largest absolute Gasteiger partial charge is 0.458 e. The summed E-state index contributed by atoms with van der Waals surface area (Å²) in [6.45, 7) is 1.41. The average molecular weight is 210 g/mol. The second-order valence-corrected chi connectivity index (χ2v) is 2.66. The highest BCUT2D eigenvalue weighted by Crippen LogP contribution is 2.27. The van der Waals surface area contributed by atoms with Crippen LogP contribution < -0.4 is 0 Å². The van der Waals surface area contributed by atoms with Crippen LogP contribution in [0.1, 0.15) is 16.3 Å². The van der Waals surface area contributed by atoms with Gasteiger partial charge in [-0.1, -0.05) is 0 Å². The summed E-state index contributed by atoms with van der Waals surface area (Å²) in [6.07, 6.45) is -4.03. The van der Waals surface area contributed by atoms with Crippen LogP contribution in [0.5, 0.6) is 0 Å². The molecule has 0 bridgehead atoms. The predicted octanol–water partition coefficient (Wildman–Crippen LogP) is 2.67. The van der Waals surface area contributed by atoms with E-state index >= 15 is 0 Å². The Morgan fingerprint density at radius 3 is 2.36 bits per heavy atom. The van der Waals surface area contributed by atoms with Crippen molar-refractivity contribution >= 4 is 5.78 Å². The molecule has 1 aromatic heterocycles. The molecule has 1 aromatic rings. The Bertz CT molecular complexity index is 343. The molecule has 0 unspecified atom stereocenters. The van der Waals surface area contributed by atoms with E-state index in [9.17, 15) is 22.4 Å². The van der Waals surface area contributed by atoms with Crippen molar-refractivity contribution in [3.05, 3.63) is 23.7 Å². The van der Waals surface area contributed by atoms with E-state index in [0.717, 1.165) is 6.07 Å². The van der Waals surface area contributed by atoms with Crippen molar-refractivity contribution in [2.45, 2.75) is 19.3 Å². The second kappa shape index (κ2) is 3.43. The molecule has 0 atom stereocenters. The minimum Gasteiger partial charge on any atom is -0.458 e. The van der Waals surface area contributed by atoms with Gasteiger partial charge in [-0.25, -0.2) is 8.78 Å². The van der Waals surface area contributed by atoms with E-state index in [1.807, 2.05) is 0 Å². The van der Waals surface area contributed by atoms with E-state index < -0.39 is 23.9 Å². The quantitative estimate of drug-likeness (QED) is 0.567. The lowest BCUT2D eigenvalue weighted by Crippen LogP contribution is -2.36. The number of hydrogen-bond donors (Lipinski definition) is 0. The molecule has 0 fully saturated rings. The standard InChI is InChI=1S/C8H6F4O2/c1-4-2-3-5(14-4)6(13)8(11,12)7(9)10/h2-3,7H,1H3. The molecule has 2 nitrogen and oxygen atoms in total. The van der Waals surface area contributed by atoms with Crippen molar-refractivity contribution in [1.29, 1.82) is 0 Å². The second-order valence-electron chi connectivity index (χ2n) is 2.66. The molecule has 0 aliphatic heterocycles. The maximum absolute atomic E-state index is 12.5. The molecular weight excluding hydrogens is 204 g/mol. The summed E-state index contributed by atoms with van der Waals surface area (Å²) in [5.74, 6) is -7.24. The van der Waals surface area contributed by atoms with E-state index in [0.29, 0.717) is 0 Å². The minimum atomic E-state index is -4.69. The molecule has 0 N–H and O–H groups in total. The highest BCUT2D eigenvalue weighted by molar-refractivity contribution is 5.99. The molecule has 0 radical (unpaired) electrons. The highest BCUT2D eigenvalue weighted by atomic mass is 19.3. The molecule has 0 saturated heterocycles. The summed E-state index contributed by atoms with van der Waals surface area (Å²) in [5, 5.41) is 0. The van der Waals surface area contributed by atoms with Gasteiger partial charge in [-0.05, 0) is 19.1 Å². The van der Waals surface area contributed by atoms with Crippen LogP contribution in [0.15, 0.2) is 16.5 Å². The Balaban J connectivity index is 2.96. The zero-order valence-corrected chi connectivity index (χ0v) is 7.06. The van der Waals surface area contributed by atoms with Crippen molar-refractivity contribution in [3.8, 4) is 0 Å². The van der Waals surface area contributed by atoms with Crippen molar-refractivity contribution in [2.75, 3.05) is 0 Å². The summed E-state index contributed by atoms with van der Waals surface area (Å²) < 4.78 is 53.0. The number of furan rings is 1. The van der Waals surface area contributed by atoms with Crippen LogP contribution in [-0.4, -0.2) is 18.1 Å². The summed E-state index contributed by atoms with van der Waals surface area (Å²) in [4.78, 5) is 10.8. The third-order valence-corrected chi connectivity index (χ3v) is 1.54. The van der Waals surface area contributed by atoms with Crippen molar-refractivity contribution in [2.24, 2.45) is 0 Å². The van der Waals surface area contributed by atoms with Gasteiger partial charge < -0.3 is 4.42 Å². The first-order valence-electron chi connectivity index (χ1n) is 3.63. The summed E-state index contributed by atoms with van der Waals surface area (Å²) in [5.41, 5.74) is 0. The Morgan fingerprint density at radius 1 is 1.43 bits per heavy atom. The average Bonchev–Trinajstić information content (AvgIpc) is 2.50. The predicted molar refractivity (Wildman–Crippen MR) is 38.7 cm³/mol. The van der Waals surface area contributed by atoms with Crippen LogP contribution in [0.2, 0.25) is 0 Å². The minimum absolute atomic E-state index is 0.207. The van der Waals surface area contributed by atoms with Crippen LogP contribution in [0.4, 0.5) is 17.6 Å². The van der Waals surface area contributed by atoms with E-state index in [2.05, 4.69) is 4.42 Å². The number of carbonyl (C=O) groups is 1. The molecule has 1 rings (SSSR count). The lowest BCUT2D eigenvalue weighted by atomic mass is 10.2. The molecule has 1 heterocycles. The first-order chi connectivity index (χ1) is 6.35. The fourth-order valence-electron chi connectivity index (χ4n) is 0.820. The van der Waals surface area contributed by atoms with Crippen LogP contribution in [0.25, 0.3) is 0 Å². The van der Waals surface area contributed by atoms with Crippen LogP contribution >= 0.6 is 0 Å². The van der Waals surface area contributed by atoms with Gasteiger partial charge in [0.25, 0.3) is 5.78 Å². The fraction of sp³-hybridized carbons (Fsp3) is 0.375. The van der Waals surface area contributed by atoms with E-state index in [1.165, 1.54) is 13.0 Å². The first-order valence-corrected chi connectivity index (χ1v) is 3.63. The maximum Gasteiger partial charge on any atom is 0.372 e. The fourth-order valence-corrected chi connectivity index (χ4v) is 0.820. The van der Waals surface area contributed by atoms with Gasteiger partial charge in [-0.15, -0.1) is 0 Å². The number of alkyl halides is 4. The number of Topliss-reactive ketones (excluding diaryl/α,β-unsaturated/α-hetero) is 1. The molecule has 0 spiro atoms. The Hall–Kier alpha value is -1.33. The molecule has 78 valence electrons. The first kappa shape index (κ1) is 10.7. The Morgan fingerprint density at radius 2 is 2.00 bits per heavy atom. The van der Waals surface area contributed by atoms with Gasteiger partial charge in [0.1, 0.15) is 5.76 Å². The Kier molecular flexibility index (Phi) is 2.64. The van der Waals surface area contributed by atoms with Gasteiger partial charge in [0, 0.05) is 0 Å². The van der Waals surface area contributed by atoms with Gasteiger partial charge in [0.15, 0.2) is 5.76 Å². The lowest BCUT2D eigenvalue weighted by Gasteiger charge is -2.11. The van der Waals surface area contributed by atoms with Crippen LogP contribution in [-0.2, 0) is 0 Å². The zero-order chi connectivity index (χ0) is 10.9. The summed E-state index contributed by atoms with van der Waals surface area (Å²) in [6, 6.07) is 2.18. The lowest BCUT2D eigenvalue weighted by molar-refractivity contribution is -0.0969. The molecule has 6 heteroatoms. The van der Waals surface area contributed by atoms with Gasteiger partial charge >= 0.3 is 12.3 Å². The van der Waals surface area contributed by atoms with Gasteiger partial charge in [-0.2, -0.15) is 8.78 Å². The topological polar surface area (TPSA) is 30.2 Å². The molecule has 0 aromatic carbocycles. The van der Waals surface area contributed by atoms with Crippen molar-refractivity contribution < 1.29 is 26.8 Å². The number of hydrogen-bond acceptors (Lipinski definition) is 2. The molecule has 14 heavy (non-hydrogen) atoms. The number of ketones is 1. The van der Waals surface area contributed by atoms with Crippen molar-refractivity contribution in [3.63, 3.8) is 0 Å². The highest BCUT2D eigenvalue weighted by Gasteiger charge is 2.50. The molecule has 0 saturated carbocycles. The summed E-state index contributed by atoms with van der Waals surface area (Å²) in [7, 11) is 0. The third-order valence-electron chi connectivity index (χ3n) is 1.54. The van der Waals surface area contributed by atoms with Crippen LogP contribution in [0, 0.1) is 6.92 Å². The number of aryl methyl sites for hydroxylation is 1. The van der Waals surface area contributed by atoms with E-state index in [4.69, 9.17) is 0 Å². The van der Waals surface area contributed by atoms with E-state index in [-0.39, 0.29) is 5.76 Å². The molecular formula is C8H6F4O2. The van der Waals surface area contributed by atoms with Crippen molar-refractivity contribution in [1.82, 2.24) is 0 Å². The van der Waals surface area contributed by atoms with Gasteiger partial charge in [0.2, 0.25) is 0 Å². The zero-order valence-electron chi connectivity index (χ0n) is 7.06. The van der Waals surface area contributed by atoms with E-state index in [1.54, 1.807) is 0 Å². The van der Waals surface area contributed by atoms with Gasteiger partial charge in [-0.3, -0.25) is 4.79 Å². The smallest absolute Gasteiger partial charge is 0.372 e. The summed E-state index contributed by atoms with van der Waals surface area (Å²) >= 11 is 0. The number of halogens is 4. The number of rotatable bonds is 3. The van der Waals surface area contributed by atoms with Crippen LogP contribution in [0.3, 0.4) is 0 Å².